The maximum absolute atomic E-state index is 13.7. The van der Waals surface area contributed by atoms with Crippen LogP contribution in [-0.2, 0) is 4.79 Å². The summed E-state index contributed by atoms with van der Waals surface area (Å²) in [5, 5.41) is 15.4. The van der Waals surface area contributed by atoms with Crippen molar-refractivity contribution in [3.05, 3.63) is 63.7 Å². The van der Waals surface area contributed by atoms with Gasteiger partial charge in [-0.1, -0.05) is 48.5 Å². The molecule has 0 radical (unpaired) electrons. The van der Waals surface area contributed by atoms with E-state index in [4.69, 9.17) is 23.2 Å². The minimum atomic E-state index is -1.08. The van der Waals surface area contributed by atoms with E-state index in [1.54, 1.807) is 48.8 Å². The lowest BCUT2D eigenvalue weighted by Gasteiger charge is -2.33. The van der Waals surface area contributed by atoms with Crippen LogP contribution in [0, 0.1) is 0 Å². The number of carboxylic acid groups (broad SMARTS) is 1. The Hall–Kier alpha value is -3.14. The topological polar surface area (TPSA) is 112 Å². The normalized spacial score (nSPS) is 13.7. The lowest BCUT2D eigenvalue weighted by molar-refractivity contribution is -0.138. The standard InChI is InChI=1S/C25H24Cl2N4O4S/c26-17-7-4-8-18(27)22(17)30-25(35)29-19-13-20(15-9-11-28-12-10-15)36-23(19)24(34)31(14-21(32)33)16-5-2-1-3-6-16/h4,7-13,16H,1-3,5-6,14H2,(H,32,33)(H2,29,30,35). The van der Waals surface area contributed by atoms with Crippen molar-refractivity contribution in [3.8, 4) is 10.4 Å². The molecule has 0 aliphatic heterocycles. The van der Waals surface area contributed by atoms with Crippen molar-refractivity contribution in [3.63, 3.8) is 0 Å². The molecule has 4 rings (SSSR count). The predicted molar refractivity (Wildman–Crippen MR) is 142 cm³/mol. The maximum Gasteiger partial charge on any atom is 0.323 e. The first kappa shape index (κ1) is 25.9. The average molecular weight is 547 g/mol. The Labute approximate surface area is 222 Å². The molecule has 0 unspecified atom stereocenters. The number of urea groups is 1. The number of hydrogen-bond acceptors (Lipinski definition) is 5. The van der Waals surface area contributed by atoms with Crippen LogP contribution in [0.15, 0.2) is 48.8 Å². The Balaban J connectivity index is 1.67. The fourth-order valence-electron chi connectivity index (χ4n) is 4.22. The summed E-state index contributed by atoms with van der Waals surface area (Å²) in [7, 11) is 0. The number of carbonyl (C=O) groups is 3. The Morgan fingerprint density at radius 3 is 2.33 bits per heavy atom. The summed E-state index contributed by atoms with van der Waals surface area (Å²) in [5.41, 5.74) is 1.32. The van der Waals surface area contributed by atoms with E-state index in [0.717, 1.165) is 42.5 Å². The summed E-state index contributed by atoms with van der Waals surface area (Å²) in [5.74, 6) is -1.51. The number of thiophene rings is 1. The molecule has 11 heteroatoms. The summed E-state index contributed by atoms with van der Waals surface area (Å²) < 4.78 is 0. The van der Waals surface area contributed by atoms with Crippen molar-refractivity contribution in [1.29, 1.82) is 0 Å². The molecule has 2 aromatic heterocycles. The molecule has 36 heavy (non-hydrogen) atoms. The van der Waals surface area contributed by atoms with E-state index in [1.807, 2.05) is 0 Å². The second-order valence-electron chi connectivity index (χ2n) is 8.38. The first-order chi connectivity index (χ1) is 17.3. The van der Waals surface area contributed by atoms with Crippen LogP contribution < -0.4 is 10.6 Å². The molecule has 2 heterocycles. The van der Waals surface area contributed by atoms with Gasteiger partial charge in [0, 0.05) is 23.3 Å². The van der Waals surface area contributed by atoms with Gasteiger partial charge in [0.15, 0.2) is 0 Å². The predicted octanol–water partition coefficient (Wildman–Crippen LogP) is 6.62. The van der Waals surface area contributed by atoms with Crippen LogP contribution >= 0.6 is 34.5 Å². The molecule has 3 aromatic rings. The van der Waals surface area contributed by atoms with Gasteiger partial charge in [0.2, 0.25) is 0 Å². The highest BCUT2D eigenvalue weighted by Gasteiger charge is 2.31. The van der Waals surface area contributed by atoms with Crippen molar-refractivity contribution < 1.29 is 19.5 Å². The Morgan fingerprint density at radius 2 is 1.69 bits per heavy atom. The summed E-state index contributed by atoms with van der Waals surface area (Å²) in [6.45, 7) is -0.410. The molecule has 0 spiro atoms. The number of rotatable bonds is 7. The monoisotopic (exact) mass is 546 g/mol. The zero-order chi connectivity index (χ0) is 25.7. The minimum absolute atomic E-state index is 0.169. The molecule has 1 aliphatic rings. The van der Waals surface area contributed by atoms with E-state index in [0.29, 0.717) is 0 Å². The number of nitrogens with one attached hydrogen (secondary N) is 2. The van der Waals surface area contributed by atoms with Gasteiger partial charge in [0.25, 0.3) is 5.91 Å². The third kappa shape index (κ3) is 6.16. The van der Waals surface area contributed by atoms with Crippen molar-refractivity contribution >= 4 is 63.8 Å². The number of carboxylic acids is 1. The number of anilines is 2. The molecule has 188 valence electrons. The van der Waals surface area contributed by atoms with E-state index in [2.05, 4.69) is 15.6 Å². The summed E-state index contributed by atoms with van der Waals surface area (Å²) in [6.07, 6.45) is 7.70. The number of hydrogen-bond donors (Lipinski definition) is 3. The second kappa shape index (κ2) is 11.7. The Morgan fingerprint density at radius 1 is 1.03 bits per heavy atom. The van der Waals surface area contributed by atoms with Gasteiger partial charge in [0.05, 0.1) is 21.4 Å². The van der Waals surface area contributed by atoms with Crippen LogP contribution in [0.25, 0.3) is 10.4 Å². The van der Waals surface area contributed by atoms with Crippen molar-refractivity contribution in [1.82, 2.24) is 9.88 Å². The molecular weight excluding hydrogens is 523 g/mol. The van der Waals surface area contributed by atoms with Gasteiger partial charge in [-0.3, -0.25) is 14.6 Å². The average Bonchev–Trinajstić information content (AvgIpc) is 3.29. The second-order valence-corrected chi connectivity index (χ2v) is 10.3. The lowest BCUT2D eigenvalue weighted by atomic mass is 9.94. The fraction of sp³-hybridized carbons (Fsp3) is 0.280. The van der Waals surface area contributed by atoms with E-state index < -0.39 is 24.5 Å². The largest absolute Gasteiger partial charge is 0.480 e. The quantitative estimate of drug-likeness (QED) is 0.308. The number of aromatic nitrogens is 1. The van der Waals surface area contributed by atoms with Gasteiger partial charge >= 0.3 is 12.0 Å². The molecule has 0 saturated heterocycles. The molecule has 0 bridgehead atoms. The third-order valence-electron chi connectivity index (χ3n) is 5.92. The van der Waals surface area contributed by atoms with Gasteiger partial charge in [-0.15, -0.1) is 11.3 Å². The van der Waals surface area contributed by atoms with Crippen molar-refractivity contribution in [2.45, 2.75) is 38.1 Å². The van der Waals surface area contributed by atoms with Gasteiger partial charge < -0.3 is 20.6 Å². The first-order valence-corrected chi connectivity index (χ1v) is 13.0. The number of benzene rings is 1. The molecule has 1 saturated carbocycles. The van der Waals surface area contributed by atoms with E-state index in [9.17, 15) is 19.5 Å². The van der Waals surface area contributed by atoms with Crippen LogP contribution in [0.1, 0.15) is 41.8 Å². The van der Waals surface area contributed by atoms with E-state index in [1.165, 1.54) is 16.2 Å². The summed E-state index contributed by atoms with van der Waals surface area (Å²) in [4.78, 5) is 44.7. The molecule has 0 atom stereocenters. The fourth-order valence-corrected chi connectivity index (χ4v) is 5.79. The van der Waals surface area contributed by atoms with Gasteiger partial charge in [-0.2, -0.15) is 0 Å². The highest BCUT2D eigenvalue weighted by Crippen LogP contribution is 2.37. The number of nitrogens with zero attached hydrogens (tertiary/aromatic N) is 2. The molecule has 8 nitrogen and oxygen atoms in total. The Kier molecular flexibility index (Phi) is 8.45. The van der Waals surface area contributed by atoms with Crippen molar-refractivity contribution in [2.24, 2.45) is 0 Å². The maximum atomic E-state index is 13.7. The van der Waals surface area contributed by atoms with Gasteiger partial charge in [0.1, 0.15) is 11.4 Å². The van der Waals surface area contributed by atoms with Gasteiger partial charge in [-0.05, 0) is 48.7 Å². The zero-order valence-electron chi connectivity index (χ0n) is 19.2. The molecule has 3 amide bonds. The number of pyridine rings is 1. The smallest absolute Gasteiger partial charge is 0.323 e. The molecule has 1 aliphatic carbocycles. The highest BCUT2D eigenvalue weighted by molar-refractivity contribution is 7.18. The molecular formula is C25H24Cl2N4O4S. The minimum Gasteiger partial charge on any atom is -0.480 e. The van der Waals surface area contributed by atoms with E-state index in [-0.39, 0.29) is 32.3 Å². The molecule has 1 aromatic carbocycles. The van der Waals surface area contributed by atoms with Crippen molar-refractivity contribution in [2.75, 3.05) is 17.2 Å². The van der Waals surface area contributed by atoms with E-state index >= 15 is 0 Å². The zero-order valence-corrected chi connectivity index (χ0v) is 21.5. The first-order valence-electron chi connectivity index (χ1n) is 11.4. The number of amides is 3. The number of carbonyl (C=O) groups excluding carboxylic acids is 2. The summed E-state index contributed by atoms with van der Waals surface area (Å²) >= 11 is 13.5. The van der Waals surface area contributed by atoms with Crippen LogP contribution in [0.5, 0.6) is 0 Å². The SMILES string of the molecule is O=C(O)CN(C(=O)c1sc(-c2ccncc2)cc1NC(=O)Nc1c(Cl)cccc1Cl)C1CCCCC1. The van der Waals surface area contributed by atoms with Crippen LogP contribution in [0.2, 0.25) is 10.0 Å². The number of para-hydroxylation sites is 1. The van der Waals surface area contributed by atoms with Crippen LogP contribution in [-0.4, -0.2) is 45.5 Å². The van der Waals surface area contributed by atoms with Gasteiger partial charge in [-0.25, -0.2) is 4.79 Å². The number of aliphatic carboxylic acids is 1. The van der Waals surface area contributed by atoms with Crippen LogP contribution in [0.4, 0.5) is 16.2 Å². The number of halogens is 2. The highest BCUT2D eigenvalue weighted by atomic mass is 35.5. The molecule has 3 N–H and O–H groups in total. The lowest BCUT2D eigenvalue weighted by Crippen LogP contribution is -2.44. The Bertz CT molecular complexity index is 1240. The van der Waals surface area contributed by atoms with Crippen LogP contribution in [0.3, 0.4) is 0 Å². The molecule has 1 fully saturated rings. The third-order valence-corrected chi connectivity index (χ3v) is 7.72. The summed E-state index contributed by atoms with van der Waals surface area (Å²) in [6, 6.07) is 9.33.